The number of hydrogen-bond acceptors (Lipinski definition) is 3. The lowest BCUT2D eigenvalue weighted by Gasteiger charge is -2.44. The third-order valence-corrected chi connectivity index (χ3v) is 7.26. The maximum atomic E-state index is 12.6. The van der Waals surface area contributed by atoms with Gasteiger partial charge in [-0.25, -0.2) is 4.79 Å². The van der Waals surface area contributed by atoms with Gasteiger partial charge < -0.3 is 14.6 Å². The lowest BCUT2D eigenvalue weighted by molar-refractivity contribution is 0.00688. The summed E-state index contributed by atoms with van der Waals surface area (Å²) in [5.74, 6) is 0. The summed E-state index contributed by atoms with van der Waals surface area (Å²) in [5.41, 5.74) is 1.88. The molecule has 1 N–H and O–H groups in total. The van der Waals surface area contributed by atoms with Crippen molar-refractivity contribution in [1.82, 2.24) is 14.5 Å². The summed E-state index contributed by atoms with van der Waals surface area (Å²) in [6.45, 7) is 4.96. The number of hydrogen-bond donors (Lipinski definition) is 1. The highest BCUT2D eigenvalue weighted by Crippen LogP contribution is 2.39. The van der Waals surface area contributed by atoms with E-state index in [9.17, 15) is 4.79 Å². The summed E-state index contributed by atoms with van der Waals surface area (Å²) < 4.78 is 7.42. The highest BCUT2D eigenvalue weighted by atomic mass is 79.9. The molecule has 0 atom stereocenters. The van der Waals surface area contributed by atoms with Crippen LogP contribution in [0.25, 0.3) is 11.0 Å². The van der Waals surface area contributed by atoms with Crippen LogP contribution in [0.4, 0.5) is 0 Å². The van der Waals surface area contributed by atoms with E-state index in [1.165, 1.54) is 25.7 Å². The smallest absolute Gasteiger partial charge is 0.327 e. The number of likely N-dealkylation sites (tertiary alicyclic amines) is 1. The number of nitrogens with one attached hydrogen (secondary N) is 1. The first-order valence-electron chi connectivity index (χ1n) is 9.85. The van der Waals surface area contributed by atoms with E-state index < -0.39 is 0 Å². The van der Waals surface area contributed by atoms with Crippen LogP contribution < -0.4 is 5.69 Å². The number of alkyl halides is 1. The van der Waals surface area contributed by atoms with E-state index in [0.717, 1.165) is 43.6 Å². The SMILES string of the molecule is CCOC1CCC(N2CCC(Br)(n3c(=O)[nH]c4ccccc43)CC2)CC1. The molecule has 2 aromatic rings. The number of fused-ring (bicyclic) bond motifs is 1. The van der Waals surface area contributed by atoms with Crippen molar-refractivity contribution in [2.75, 3.05) is 19.7 Å². The first kappa shape index (κ1) is 18.3. The van der Waals surface area contributed by atoms with Crippen LogP contribution in [0, 0.1) is 0 Å². The van der Waals surface area contributed by atoms with Crippen LogP contribution in [0.15, 0.2) is 29.1 Å². The molecule has 1 aliphatic carbocycles. The normalized spacial score (nSPS) is 27.0. The molecule has 142 valence electrons. The van der Waals surface area contributed by atoms with Gasteiger partial charge in [0.2, 0.25) is 0 Å². The van der Waals surface area contributed by atoms with Gasteiger partial charge in [0, 0.05) is 25.7 Å². The van der Waals surface area contributed by atoms with Gasteiger partial charge in [0.25, 0.3) is 0 Å². The molecule has 2 heterocycles. The Morgan fingerprint density at radius 3 is 2.58 bits per heavy atom. The van der Waals surface area contributed by atoms with Crippen LogP contribution in [0.1, 0.15) is 45.4 Å². The van der Waals surface area contributed by atoms with E-state index in [1.807, 2.05) is 28.8 Å². The zero-order chi connectivity index (χ0) is 18.1. The first-order chi connectivity index (χ1) is 12.6. The molecule has 1 saturated heterocycles. The number of para-hydroxylation sites is 2. The van der Waals surface area contributed by atoms with Gasteiger partial charge in [0.1, 0.15) is 4.45 Å². The minimum atomic E-state index is -0.289. The summed E-state index contributed by atoms with van der Waals surface area (Å²) in [5, 5.41) is 0. The predicted molar refractivity (Wildman–Crippen MR) is 108 cm³/mol. The van der Waals surface area contributed by atoms with Crippen LogP contribution in [0.3, 0.4) is 0 Å². The van der Waals surface area contributed by atoms with Gasteiger partial charge in [-0.2, -0.15) is 0 Å². The molecule has 4 rings (SSSR count). The Labute approximate surface area is 162 Å². The summed E-state index contributed by atoms with van der Waals surface area (Å²) in [7, 11) is 0. The molecule has 2 fully saturated rings. The molecule has 26 heavy (non-hydrogen) atoms. The average molecular weight is 422 g/mol. The summed E-state index contributed by atoms with van der Waals surface area (Å²) in [6.07, 6.45) is 7.16. The van der Waals surface area contributed by atoms with Crippen LogP contribution in [0.5, 0.6) is 0 Å². The summed E-state index contributed by atoms with van der Waals surface area (Å²) in [6, 6.07) is 8.62. The molecule has 0 radical (unpaired) electrons. The number of benzene rings is 1. The second-order valence-electron chi connectivity index (χ2n) is 7.62. The Bertz CT molecular complexity index is 799. The van der Waals surface area contributed by atoms with Crippen LogP contribution in [-0.4, -0.2) is 46.3 Å². The van der Waals surface area contributed by atoms with Crippen molar-refractivity contribution in [3.8, 4) is 0 Å². The zero-order valence-corrected chi connectivity index (χ0v) is 17.0. The maximum absolute atomic E-state index is 12.6. The highest BCUT2D eigenvalue weighted by molar-refractivity contribution is 9.09. The second-order valence-corrected chi connectivity index (χ2v) is 9.10. The number of nitrogens with zero attached hydrogens (tertiary/aromatic N) is 2. The van der Waals surface area contributed by atoms with Gasteiger partial charge in [-0.1, -0.05) is 28.1 Å². The fourth-order valence-electron chi connectivity index (χ4n) is 4.72. The quantitative estimate of drug-likeness (QED) is 0.763. The molecule has 1 aromatic carbocycles. The fourth-order valence-corrected chi connectivity index (χ4v) is 5.43. The molecule has 0 bridgehead atoms. The van der Waals surface area contributed by atoms with Gasteiger partial charge >= 0.3 is 5.69 Å². The van der Waals surface area contributed by atoms with Crippen molar-refractivity contribution in [2.24, 2.45) is 0 Å². The second kappa shape index (κ2) is 7.49. The van der Waals surface area contributed by atoms with E-state index in [4.69, 9.17) is 4.74 Å². The number of H-pyrrole nitrogens is 1. The molecular formula is C20H28BrN3O2. The van der Waals surface area contributed by atoms with E-state index in [1.54, 1.807) is 0 Å². The molecule has 0 unspecified atom stereocenters. The van der Waals surface area contributed by atoms with Gasteiger partial charge in [-0.15, -0.1) is 0 Å². The molecule has 0 spiro atoms. The molecule has 1 aromatic heterocycles. The van der Waals surface area contributed by atoms with Crippen molar-refractivity contribution in [2.45, 2.75) is 62.0 Å². The van der Waals surface area contributed by atoms with Crippen molar-refractivity contribution in [3.05, 3.63) is 34.7 Å². The van der Waals surface area contributed by atoms with E-state index in [2.05, 4.69) is 32.7 Å². The van der Waals surface area contributed by atoms with Crippen LogP contribution in [-0.2, 0) is 9.19 Å². The van der Waals surface area contributed by atoms with E-state index >= 15 is 0 Å². The third kappa shape index (κ3) is 3.39. The Morgan fingerprint density at radius 1 is 1.19 bits per heavy atom. The molecule has 1 saturated carbocycles. The molecule has 2 aliphatic rings. The number of rotatable bonds is 4. The average Bonchev–Trinajstić information content (AvgIpc) is 3.00. The van der Waals surface area contributed by atoms with Gasteiger partial charge in [0.15, 0.2) is 0 Å². The molecular weight excluding hydrogens is 394 g/mol. The molecule has 1 aliphatic heterocycles. The number of ether oxygens (including phenoxy) is 1. The third-order valence-electron chi connectivity index (χ3n) is 6.12. The van der Waals surface area contributed by atoms with Crippen molar-refractivity contribution in [3.63, 3.8) is 0 Å². The Balaban J connectivity index is 1.44. The lowest BCUT2D eigenvalue weighted by Crippen LogP contribution is -2.49. The monoisotopic (exact) mass is 421 g/mol. The number of aromatic amines is 1. The topological polar surface area (TPSA) is 50.3 Å². The van der Waals surface area contributed by atoms with Gasteiger partial charge in [-0.05, 0) is 57.6 Å². The maximum Gasteiger partial charge on any atom is 0.327 e. The number of aromatic nitrogens is 2. The molecule has 6 heteroatoms. The van der Waals surface area contributed by atoms with Crippen LogP contribution in [0.2, 0.25) is 0 Å². The van der Waals surface area contributed by atoms with Crippen molar-refractivity contribution >= 4 is 27.0 Å². The van der Waals surface area contributed by atoms with Gasteiger partial charge in [0.05, 0.1) is 17.1 Å². The highest BCUT2D eigenvalue weighted by Gasteiger charge is 2.38. The van der Waals surface area contributed by atoms with Crippen molar-refractivity contribution < 1.29 is 4.74 Å². The molecule has 0 amide bonds. The van der Waals surface area contributed by atoms with Crippen molar-refractivity contribution in [1.29, 1.82) is 0 Å². The Kier molecular flexibility index (Phi) is 5.26. The molecule has 5 nitrogen and oxygen atoms in total. The van der Waals surface area contributed by atoms with E-state index in [-0.39, 0.29) is 10.1 Å². The fraction of sp³-hybridized carbons (Fsp3) is 0.650. The minimum absolute atomic E-state index is 0.0197. The summed E-state index contributed by atoms with van der Waals surface area (Å²) >= 11 is 3.93. The lowest BCUT2D eigenvalue weighted by atomic mass is 9.90. The zero-order valence-electron chi connectivity index (χ0n) is 15.4. The largest absolute Gasteiger partial charge is 0.379 e. The van der Waals surface area contributed by atoms with E-state index in [0.29, 0.717) is 12.1 Å². The summed E-state index contributed by atoms with van der Waals surface area (Å²) in [4.78, 5) is 18.2. The Hall–Kier alpha value is -1.11. The predicted octanol–water partition coefficient (Wildman–Crippen LogP) is 3.82. The minimum Gasteiger partial charge on any atom is -0.379 e. The standard InChI is InChI=1S/C20H28BrN3O2/c1-2-26-16-9-7-15(8-10-16)23-13-11-20(21,12-14-23)24-18-6-4-3-5-17(18)22-19(24)25/h3-6,15-16H,2,7-14H2,1H3,(H,22,25). The number of imidazole rings is 1. The van der Waals surface area contributed by atoms with Crippen LogP contribution >= 0.6 is 15.9 Å². The number of piperidine rings is 1. The first-order valence-corrected chi connectivity index (χ1v) is 10.6. The number of halogens is 1. The Morgan fingerprint density at radius 2 is 1.88 bits per heavy atom. The van der Waals surface area contributed by atoms with Gasteiger partial charge in [-0.3, -0.25) is 4.57 Å².